The van der Waals surface area contributed by atoms with Crippen LogP contribution in [0.2, 0.25) is 0 Å². The molecule has 0 radical (unpaired) electrons. The third-order valence-corrected chi connectivity index (χ3v) is 11.6. The Morgan fingerprint density at radius 2 is 1.12 bits per heavy atom. The first-order chi connectivity index (χ1) is 34.8. The normalized spacial score (nSPS) is 11.9. The van der Waals surface area contributed by atoms with Gasteiger partial charge in [-0.2, -0.15) is 0 Å². The maximum atomic E-state index is 13.0. The lowest BCUT2D eigenvalue weighted by molar-refractivity contribution is -0.135. The molecule has 2 N–H and O–H groups in total. The second-order valence-electron chi connectivity index (χ2n) is 15.4. The van der Waals surface area contributed by atoms with Gasteiger partial charge in [0.25, 0.3) is 10.4 Å². The number of aromatic hydroxyl groups is 2. The van der Waals surface area contributed by atoms with Gasteiger partial charge in [-0.3, -0.25) is 14.4 Å². The Labute approximate surface area is 424 Å². The Kier molecular flexibility index (Phi) is 22.5. The van der Waals surface area contributed by atoms with Gasteiger partial charge in [-0.15, -0.1) is 0 Å². The highest BCUT2D eigenvalue weighted by atomic mass is 32.1. The molecule has 0 saturated carbocycles. The van der Waals surface area contributed by atoms with Crippen LogP contribution in [-0.4, -0.2) is 64.2 Å². The van der Waals surface area contributed by atoms with E-state index >= 15 is 0 Å². The van der Waals surface area contributed by atoms with Crippen LogP contribution in [-0.2, 0) is 19.1 Å². The summed E-state index contributed by atoms with van der Waals surface area (Å²) >= 11 is 2.28. The minimum absolute atomic E-state index is 0.117. The molecule has 6 aromatic rings. The van der Waals surface area contributed by atoms with E-state index in [4.69, 9.17) is 18.3 Å². The molecule has 4 heterocycles. The highest BCUT2D eigenvalue weighted by Gasteiger charge is 2.23. The van der Waals surface area contributed by atoms with Crippen molar-refractivity contribution in [3.63, 3.8) is 0 Å². The molecule has 0 bridgehead atoms. The van der Waals surface area contributed by atoms with E-state index in [1.807, 2.05) is 6.92 Å². The van der Waals surface area contributed by atoms with Gasteiger partial charge in [-0.25, -0.2) is 37.9 Å². The van der Waals surface area contributed by atoms with Gasteiger partial charge in [0.15, 0.2) is 17.9 Å². The average molecular weight is 1050 g/mol. The predicted molar refractivity (Wildman–Crippen MR) is 266 cm³/mol. The van der Waals surface area contributed by atoms with Crippen molar-refractivity contribution in [1.82, 2.24) is 9.97 Å². The van der Waals surface area contributed by atoms with Gasteiger partial charge in [-0.1, -0.05) is 55.6 Å². The van der Waals surface area contributed by atoms with Crippen LogP contribution in [0.25, 0.3) is 6.08 Å². The number of aromatic nitrogens is 2. The Hall–Kier alpha value is -8.17. The third kappa shape index (κ3) is 18.2. The van der Waals surface area contributed by atoms with Gasteiger partial charge < -0.3 is 38.0 Å². The van der Waals surface area contributed by atoms with Crippen molar-refractivity contribution >= 4 is 58.5 Å². The van der Waals surface area contributed by atoms with Crippen molar-refractivity contribution in [2.75, 3.05) is 14.2 Å². The first kappa shape index (κ1) is 57.4. The molecule has 0 spiro atoms. The molecular formula is C52H50F2N2O15S2. The summed E-state index contributed by atoms with van der Waals surface area (Å²) < 4.78 is 55.9. The molecule has 0 aliphatic rings. The fraction of sp³-hybridized carbons (Fsp3) is 0.250. The number of rotatable bonds is 20. The summed E-state index contributed by atoms with van der Waals surface area (Å²) in [6.45, 7) is 6.73. The number of Topliss-reactive ketones (excluding diaryl/α,β-unsaturated/α-hetero) is 2. The van der Waals surface area contributed by atoms with Crippen molar-refractivity contribution in [3.8, 4) is 33.4 Å². The van der Waals surface area contributed by atoms with Crippen LogP contribution in [0.15, 0.2) is 121 Å². The zero-order chi connectivity index (χ0) is 53.6. The van der Waals surface area contributed by atoms with Crippen molar-refractivity contribution in [1.29, 1.82) is 0 Å². The monoisotopic (exact) mass is 1040 g/mol. The first-order valence-electron chi connectivity index (χ1n) is 22.1. The Morgan fingerprint density at radius 1 is 0.699 bits per heavy atom. The van der Waals surface area contributed by atoms with Crippen molar-refractivity contribution < 1.29 is 70.7 Å². The fourth-order valence-corrected chi connectivity index (χ4v) is 7.42. The molecule has 6 rings (SSSR count). The maximum absolute atomic E-state index is 13.0. The lowest BCUT2D eigenvalue weighted by Crippen LogP contribution is -2.16. The molecule has 0 aliphatic carbocycles. The number of carbonyl (C=O) groups is 5. The number of allylic oxidation sites excluding steroid dienone is 3. The zero-order valence-electron chi connectivity index (χ0n) is 40.3. The number of thiazole rings is 2. The number of esters is 2. The number of ether oxygens (including phenoxy) is 4. The van der Waals surface area contributed by atoms with E-state index in [9.17, 15) is 52.6 Å². The Balaban J connectivity index is 0.000000264. The summed E-state index contributed by atoms with van der Waals surface area (Å²) in [7, 11) is 2.58. The number of ketones is 2. The molecular weight excluding hydrogens is 995 g/mol. The van der Waals surface area contributed by atoms with Crippen LogP contribution in [0.5, 0.6) is 33.4 Å². The van der Waals surface area contributed by atoms with E-state index in [-0.39, 0.29) is 57.7 Å². The number of methoxy groups -OCH3 is 2. The van der Waals surface area contributed by atoms with E-state index in [2.05, 4.69) is 19.4 Å². The third-order valence-electron chi connectivity index (χ3n) is 10.0. The minimum atomic E-state index is -0.940. The number of halogens is 2. The standard InChI is InChI=1S/C26H24FNO7S.C16H20O6.C10H6FNO2S/c1-15(6-4-5-7-22(30)33-3)21-13-20(29)23(25(32)35-21)24(31)16(2)12-19-14-28-26(36-19)34-18-10-8-17(27)9-11-18;1-4-11(17)15-12(18)9-13(22-16(15)20)10(2)7-5-6-8-14(19)21-3;11-7-1-3-8(4-2-7)14-10-12-5-9(6-13)15-10/h5,7-15,29H,4,6H2,1-3H3;6,8-10,18H,4-5,7H2,1-3H3;1-6H/b7-5+,16-12+;8-6+;. The van der Waals surface area contributed by atoms with Gasteiger partial charge in [0.1, 0.15) is 57.3 Å². The predicted octanol–water partition coefficient (Wildman–Crippen LogP) is 11.1. The van der Waals surface area contributed by atoms with E-state index in [1.165, 1.54) is 112 Å². The van der Waals surface area contributed by atoms with Crippen LogP contribution in [0.3, 0.4) is 0 Å². The summed E-state index contributed by atoms with van der Waals surface area (Å²) in [5, 5.41) is 20.9. The molecule has 0 fully saturated rings. The highest BCUT2D eigenvalue weighted by Crippen LogP contribution is 2.31. The second-order valence-corrected chi connectivity index (χ2v) is 17.5. The Bertz CT molecular complexity index is 3060. The molecule has 0 aliphatic heterocycles. The van der Waals surface area contributed by atoms with Gasteiger partial charge in [0.05, 0.1) is 30.2 Å². The molecule has 4 aromatic heterocycles. The summed E-state index contributed by atoms with van der Waals surface area (Å²) in [6, 6.07) is 13.6. The second kappa shape index (κ2) is 28.6. The van der Waals surface area contributed by atoms with E-state index in [0.29, 0.717) is 64.2 Å². The van der Waals surface area contributed by atoms with Crippen LogP contribution >= 0.6 is 22.7 Å². The van der Waals surface area contributed by atoms with Gasteiger partial charge >= 0.3 is 23.2 Å². The van der Waals surface area contributed by atoms with Crippen molar-refractivity contribution in [2.45, 2.75) is 71.6 Å². The largest absolute Gasteiger partial charge is 0.507 e. The fourth-order valence-electron chi connectivity index (χ4n) is 6.04. The SMILES string of the molecule is CCC(=O)c1c(O)cc(C(C)CC/C=C/C(=O)OC)oc1=O.COC(=O)/C=C/CCC(C)c1cc(O)c(C(=O)/C(C)=C/c2cnc(Oc3ccc(F)cc3)s2)c(=O)o1.O=Cc1cnc(Oc2ccc(F)cc2)s1. The molecule has 0 amide bonds. The molecule has 2 aromatic carbocycles. The van der Waals surface area contributed by atoms with Crippen LogP contribution in [0, 0.1) is 11.6 Å². The van der Waals surface area contributed by atoms with Crippen molar-refractivity contribution in [2.24, 2.45) is 0 Å². The molecule has 73 heavy (non-hydrogen) atoms. The number of benzene rings is 2. The van der Waals surface area contributed by atoms with Gasteiger partial charge in [0, 0.05) is 48.7 Å². The summed E-state index contributed by atoms with van der Waals surface area (Å²) in [6.07, 6.45) is 13.4. The highest BCUT2D eigenvalue weighted by molar-refractivity contribution is 7.15. The van der Waals surface area contributed by atoms with E-state index < -0.39 is 46.1 Å². The van der Waals surface area contributed by atoms with Gasteiger partial charge in [0.2, 0.25) is 0 Å². The number of nitrogens with zero attached hydrogens (tertiary/aromatic N) is 2. The summed E-state index contributed by atoms with van der Waals surface area (Å²) in [5.74, 6) is -2.53. The molecule has 384 valence electrons. The number of carbonyl (C=O) groups excluding carboxylic acids is 5. The van der Waals surface area contributed by atoms with E-state index in [0.717, 1.165) is 22.7 Å². The average Bonchev–Trinajstić information content (AvgIpc) is 4.03. The number of aldehydes is 1. The van der Waals surface area contributed by atoms with Crippen molar-refractivity contribution in [3.05, 3.63) is 168 Å². The topological polar surface area (TPSA) is 249 Å². The maximum Gasteiger partial charge on any atom is 0.351 e. The van der Waals surface area contributed by atoms with Crippen LogP contribution in [0.4, 0.5) is 8.78 Å². The number of hydrogen-bond acceptors (Lipinski definition) is 19. The first-order valence-corrected chi connectivity index (χ1v) is 23.7. The van der Waals surface area contributed by atoms with Crippen LogP contribution < -0.4 is 20.7 Å². The smallest absolute Gasteiger partial charge is 0.351 e. The van der Waals surface area contributed by atoms with Gasteiger partial charge in [-0.05, 0) is 92.8 Å². The lowest BCUT2D eigenvalue weighted by Gasteiger charge is -2.11. The molecule has 2 atom stereocenters. The van der Waals surface area contributed by atoms with E-state index in [1.54, 1.807) is 26.0 Å². The molecule has 2 unspecified atom stereocenters. The number of hydrogen-bond donors (Lipinski definition) is 2. The zero-order valence-corrected chi connectivity index (χ0v) is 41.9. The summed E-state index contributed by atoms with van der Waals surface area (Å²) in [4.78, 5) is 90.3. The minimum Gasteiger partial charge on any atom is -0.507 e. The Morgan fingerprint density at radius 3 is 1.52 bits per heavy atom. The molecule has 0 saturated heterocycles. The lowest BCUT2D eigenvalue weighted by atomic mass is 9.99. The van der Waals surface area contributed by atoms with Crippen LogP contribution in [0.1, 0.15) is 118 Å². The quantitative estimate of drug-likeness (QED) is 0.0312. The molecule has 21 heteroatoms. The molecule has 17 nitrogen and oxygen atoms in total. The summed E-state index contributed by atoms with van der Waals surface area (Å²) in [5.41, 5.74) is -2.34.